The highest BCUT2D eigenvalue weighted by molar-refractivity contribution is 5.98. The molecule has 0 spiro atoms. The van der Waals surface area contributed by atoms with Crippen molar-refractivity contribution in [1.82, 2.24) is 5.32 Å². The third-order valence-corrected chi connectivity index (χ3v) is 6.10. The number of nitrogens with one attached hydrogen (secondary N) is 2. The summed E-state index contributed by atoms with van der Waals surface area (Å²) in [5, 5.41) is 16.2. The van der Waals surface area contributed by atoms with Crippen LogP contribution in [0.25, 0.3) is 0 Å². The van der Waals surface area contributed by atoms with E-state index in [1.807, 2.05) is 37.3 Å². The summed E-state index contributed by atoms with van der Waals surface area (Å²) in [4.78, 5) is 25.5. The number of benzene rings is 3. The lowest BCUT2D eigenvalue weighted by molar-refractivity contribution is -0.138. The van der Waals surface area contributed by atoms with Crippen LogP contribution in [0.2, 0.25) is 0 Å². The second-order valence-electron chi connectivity index (χ2n) is 9.93. The molecule has 5 nitrogen and oxygen atoms in total. The monoisotopic (exact) mass is 472 g/mol. The van der Waals surface area contributed by atoms with Crippen LogP contribution >= 0.6 is 0 Å². The Bertz CT molecular complexity index is 1200. The molecule has 0 bridgehead atoms. The molecular weight excluding hydrogens is 436 g/mol. The molecule has 2 atom stereocenters. The van der Waals surface area contributed by atoms with Crippen LogP contribution in [-0.4, -0.2) is 17.0 Å². The van der Waals surface area contributed by atoms with Gasteiger partial charge in [0.05, 0.1) is 12.0 Å². The van der Waals surface area contributed by atoms with Crippen LogP contribution in [0.15, 0.2) is 60.7 Å². The van der Waals surface area contributed by atoms with Crippen LogP contribution < -0.4 is 10.6 Å². The molecule has 5 heteroatoms. The van der Waals surface area contributed by atoms with Gasteiger partial charge in [0, 0.05) is 16.9 Å². The van der Waals surface area contributed by atoms with Crippen molar-refractivity contribution >= 4 is 23.3 Å². The summed E-state index contributed by atoms with van der Waals surface area (Å²) in [6.07, 6.45) is 0.777. The number of carbonyl (C=O) groups excluding carboxylic acids is 1. The summed E-state index contributed by atoms with van der Waals surface area (Å²) in [6.45, 7) is 12.0. The molecule has 0 saturated heterocycles. The van der Waals surface area contributed by atoms with Crippen molar-refractivity contribution in [3.8, 4) is 0 Å². The first-order valence-electron chi connectivity index (χ1n) is 12.1. The fourth-order valence-corrected chi connectivity index (χ4v) is 4.43. The number of carbonyl (C=O) groups is 2. The SMILES string of the molecule is Cc1cccc(Nc2ccc(C(C)C(=O)O)c(C(=O)N[C@H](CC(C)C)c3cc(C)cc(C)c3)c2)c1. The van der Waals surface area contributed by atoms with E-state index in [1.165, 1.54) is 0 Å². The summed E-state index contributed by atoms with van der Waals surface area (Å²) in [5.41, 5.74) is 6.97. The van der Waals surface area contributed by atoms with Crippen LogP contribution in [0.3, 0.4) is 0 Å². The minimum Gasteiger partial charge on any atom is -0.481 e. The molecule has 184 valence electrons. The fourth-order valence-electron chi connectivity index (χ4n) is 4.43. The first-order valence-corrected chi connectivity index (χ1v) is 12.1. The number of hydrogen-bond donors (Lipinski definition) is 3. The van der Waals surface area contributed by atoms with E-state index >= 15 is 0 Å². The fraction of sp³-hybridized carbons (Fsp3) is 0.333. The Kier molecular flexibility index (Phi) is 8.34. The molecule has 3 aromatic carbocycles. The number of carboxylic acids is 1. The lowest BCUT2D eigenvalue weighted by Gasteiger charge is -2.24. The lowest BCUT2D eigenvalue weighted by atomic mass is 9.92. The van der Waals surface area contributed by atoms with Gasteiger partial charge in [-0.25, -0.2) is 0 Å². The summed E-state index contributed by atoms with van der Waals surface area (Å²) in [7, 11) is 0. The second-order valence-corrected chi connectivity index (χ2v) is 9.93. The van der Waals surface area contributed by atoms with Gasteiger partial charge in [0.1, 0.15) is 0 Å². The highest BCUT2D eigenvalue weighted by Gasteiger charge is 2.24. The average Bonchev–Trinajstić information content (AvgIpc) is 2.77. The number of anilines is 2. The first-order chi connectivity index (χ1) is 16.5. The maximum atomic E-state index is 13.7. The molecule has 0 fully saturated rings. The van der Waals surface area contributed by atoms with Gasteiger partial charge >= 0.3 is 5.97 Å². The Hall–Kier alpha value is -3.60. The molecule has 3 aromatic rings. The molecule has 3 N–H and O–H groups in total. The third kappa shape index (κ3) is 6.95. The Labute approximate surface area is 208 Å². The molecular formula is C30H36N2O3. The minimum atomic E-state index is -0.966. The van der Waals surface area contributed by atoms with Gasteiger partial charge in [-0.15, -0.1) is 0 Å². The Morgan fingerprint density at radius 2 is 1.49 bits per heavy atom. The van der Waals surface area contributed by atoms with Crippen molar-refractivity contribution in [2.75, 3.05) is 5.32 Å². The molecule has 0 aliphatic heterocycles. The standard InChI is InChI=1S/C30H36N2O3/c1-18(2)12-28(23-14-20(4)13-21(5)15-23)32-29(33)27-17-25(10-11-26(27)22(6)30(34)35)31-24-9-7-8-19(3)16-24/h7-11,13-18,22,28,31H,12H2,1-6H3,(H,32,33)(H,34,35)/t22?,28-/m1/s1. The largest absolute Gasteiger partial charge is 0.481 e. The smallest absolute Gasteiger partial charge is 0.310 e. The zero-order valence-electron chi connectivity index (χ0n) is 21.5. The van der Waals surface area contributed by atoms with Crippen LogP contribution in [-0.2, 0) is 4.79 Å². The molecule has 3 rings (SSSR count). The number of hydrogen-bond acceptors (Lipinski definition) is 3. The van der Waals surface area contributed by atoms with Gasteiger partial charge in [0.25, 0.3) is 5.91 Å². The Morgan fingerprint density at radius 1 is 0.829 bits per heavy atom. The summed E-state index contributed by atoms with van der Waals surface area (Å²) < 4.78 is 0. The molecule has 0 aliphatic carbocycles. The Balaban J connectivity index is 1.99. The predicted octanol–water partition coefficient (Wildman–Crippen LogP) is 7.06. The van der Waals surface area contributed by atoms with E-state index in [2.05, 4.69) is 56.5 Å². The Morgan fingerprint density at radius 3 is 2.09 bits per heavy atom. The van der Waals surface area contributed by atoms with E-state index in [0.29, 0.717) is 17.0 Å². The minimum absolute atomic E-state index is 0.178. The zero-order chi connectivity index (χ0) is 25.7. The van der Waals surface area contributed by atoms with Crippen LogP contribution in [0.1, 0.15) is 77.3 Å². The molecule has 0 radical (unpaired) electrons. The van der Waals surface area contributed by atoms with Gasteiger partial charge in [0.2, 0.25) is 0 Å². The first kappa shape index (κ1) is 26.0. The van der Waals surface area contributed by atoms with E-state index in [-0.39, 0.29) is 11.9 Å². The third-order valence-electron chi connectivity index (χ3n) is 6.10. The summed E-state index contributed by atoms with van der Waals surface area (Å²) in [6, 6.07) is 19.4. The van der Waals surface area contributed by atoms with Gasteiger partial charge in [-0.3, -0.25) is 9.59 Å². The molecule has 35 heavy (non-hydrogen) atoms. The number of carboxylic acid groups (broad SMARTS) is 1. The van der Waals surface area contributed by atoms with Crippen LogP contribution in [0.4, 0.5) is 11.4 Å². The molecule has 0 heterocycles. The molecule has 1 unspecified atom stereocenters. The highest BCUT2D eigenvalue weighted by Crippen LogP contribution is 2.29. The number of amides is 1. The van der Waals surface area contributed by atoms with E-state index in [1.54, 1.807) is 19.1 Å². The van der Waals surface area contributed by atoms with Crippen molar-refractivity contribution in [3.05, 3.63) is 94.0 Å². The second kappa shape index (κ2) is 11.2. The van der Waals surface area contributed by atoms with Crippen LogP contribution in [0.5, 0.6) is 0 Å². The van der Waals surface area contributed by atoms with Crippen molar-refractivity contribution < 1.29 is 14.7 Å². The molecule has 1 amide bonds. The average molecular weight is 473 g/mol. The van der Waals surface area contributed by atoms with Gasteiger partial charge in [-0.2, -0.15) is 0 Å². The quantitative estimate of drug-likeness (QED) is 0.311. The number of aliphatic carboxylic acids is 1. The normalized spacial score (nSPS) is 12.8. The van der Waals surface area contributed by atoms with Gasteiger partial charge in [0.15, 0.2) is 0 Å². The topological polar surface area (TPSA) is 78.4 Å². The predicted molar refractivity (Wildman–Crippen MR) is 143 cm³/mol. The van der Waals surface area contributed by atoms with Crippen molar-refractivity contribution in [3.63, 3.8) is 0 Å². The lowest BCUT2D eigenvalue weighted by Crippen LogP contribution is -2.31. The molecule has 0 aromatic heterocycles. The number of aryl methyl sites for hydroxylation is 3. The van der Waals surface area contributed by atoms with Gasteiger partial charge in [-0.1, -0.05) is 61.4 Å². The summed E-state index contributed by atoms with van der Waals surface area (Å²) in [5.74, 6) is -1.68. The summed E-state index contributed by atoms with van der Waals surface area (Å²) >= 11 is 0. The number of rotatable bonds is 9. The van der Waals surface area contributed by atoms with Gasteiger partial charge < -0.3 is 15.7 Å². The van der Waals surface area contributed by atoms with Crippen molar-refractivity contribution in [1.29, 1.82) is 0 Å². The van der Waals surface area contributed by atoms with Crippen molar-refractivity contribution in [2.45, 2.75) is 59.9 Å². The molecule has 0 aliphatic rings. The maximum Gasteiger partial charge on any atom is 0.310 e. The van der Waals surface area contributed by atoms with E-state index in [4.69, 9.17) is 0 Å². The molecule has 0 saturated carbocycles. The van der Waals surface area contributed by atoms with E-state index in [0.717, 1.165) is 40.0 Å². The highest BCUT2D eigenvalue weighted by atomic mass is 16.4. The van der Waals surface area contributed by atoms with Gasteiger partial charge in [-0.05, 0) is 81.0 Å². The van der Waals surface area contributed by atoms with E-state index in [9.17, 15) is 14.7 Å². The van der Waals surface area contributed by atoms with Crippen LogP contribution in [0, 0.1) is 26.7 Å². The maximum absolute atomic E-state index is 13.7. The zero-order valence-corrected chi connectivity index (χ0v) is 21.5. The van der Waals surface area contributed by atoms with Crippen molar-refractivity contribution in [2.24, 2.45) is 5.92 Å². The van der Waals surface area contributed by atoms with E-state index < -0.39 is 11.9 Å².